The summed E-state index contributed by atoms with van der Waals surface area (Å²) in [5, 5.41) is 7.12. The van der Waals surface area contributed by atoms with E-state index in [0.29, 0.717) is 17.1 Å². The van der Waals surface area contributed by atoms with Crippen LogP contribution in [0.25, 0.3) is 11.5 Å². The van der Waals surface area contributed by atoms with Crippen LogP contribution in [0.3, 0.4) is 0 Å². The van der Waals surface area contributed by atoms with Gasteiger partial charge >= 0.3 is 12.1 Å². The molecule has 0 fully saturated rings. The summed E-state index contributed by atoms with van der Waals surface area (Å²) >= 11 is 0. The van der Waals surface area contributed by atoms with Gasteiger partial charge in [-0.2, -0.15) is 13.2 Å². The van der Waals surface area contributed by atoms with Gasteiger partial charge in [0.2, 0.25) is 0 Å². The van der Waals surface area contributed by atoms with Crippen LogP contribution in [-0.2, 0) is 4.79 Å². The van der Waals surface area contributed by atoms with Crippen LogP contribution in [-0.4, -0.2) is 38.1 Å². The van der Waals surface area contributed by atoms with Crippen molar-refractivity contribution < 1.29 is 27.9 Å². The zero-order valence-corrected chi connectivity index (χ0v) is 9.10. The van der Waals surface area contributed by atoms with Crippen LogP contribution < -0.4 is 5.73 Å². The van der Waals surface area contributed by atoms with E-state index in [9.17, 15) is 18.0 Å². The maximum Gasteiger partial charge on any atom is 0.490 e. The number of halogens is 3. The smallest absolute Gasteiger partial charge is 0.475 e. The Labute approximate surface area is 103 Å². The number of aromatic nitrogens is 3. The molecule has 4 N–H and O–H groups in total. The van der Waals surface area contributed by atoms with E-state index < -0.39 is 18.1 Å². The number of fused-ring (bicyclic) bond motifs is 1. The molecule has 2 aliphatic rings. The van der Waals surface area contributed by atoms with Crippen LogP contribution in [0.5, 0.6) is 0 Å². The molecule has 0 unspecified atom stereocenters. The molecule has 2 heterocycles. The molecule has 7 nitrogen and oxygen atoms in total. The fourth-order valence-corrected chi connectivity index (χ4v) is 1.03. The first-order valence-corrected chi connectivity index (χ1v) is 4.61. The molecule has 102 valence electrons. The Morgan fingerprint density at radius 2 is 1.89 bits per heavy atom. The summed E-state index contributed by atoms with van der Waals surface area (Å²) < 4.78 is 31.7. The van der Waals surface area contributed by atoms with Crippen molar-refractivity contribution in [1.29, 1.82) is 0 Å². The highest BCUT2D eigenvalue weighted by molar-refractivity contribution is 5.98. The normalized spacial score (nSPS) is 10.7. The number of carbonyl (C=O) groups excluding carboxylic acids is 1. The van der Waals surface area contributed by atoms with E-state index in [-0.39, 0.29) is 0 Å². The molecule has 10 heteroatoms. The first-order chi connectivity index (χ1) is 8.73. The Bertz CT molecular complexity index is 566. The number of aromatic amines is 1. The van der Waals surface area contributed by atoms with Crippen molar-refractivity contribution in [2.45, 2.75) is 6.18 Å². The molecule has 0 aliphatic carbocycles. The molecule has 2 aliphatic heterocycles. The zero-order valence-electron chi connectivity index (χ0n) is 9.10. The van der Waals surface area contributed by atoms with Gasteiger partial charge in [0, 0.05) is 18.6 Å². The Morgan fingerprint density at radius 3 is 2.37 bits per heavy atom. The Hall–Kier alpha value is -2.65. The molecule has 1 amide bonds. The summed E-state index contributed by atoms with van der Waals surface area (Å²) in [6, 6.07) is 0. The third kappa shape index (κ3) is 3.66. The topological polar surface area (TPSA) is 122 Å². The molecule has 0 bridgehead atoms. The number of hydrogen-bond acceptors (Lipinski definition) is 4. The second-order valence-corrected chi connectivity index (χ2v) is 3.13. The minimum absolute atomic E-state index is 0.373. The van der Waals surface area contributed by atoms with Gasteiger partial charge in [-0.1, -0.05) is 0 Å². The molecule has 2 rings (SSSR count). The van der Waals surface area contributed by atoms with Crippen molar-refractivity contribution >= 4 is 11.9 Å². The van der Waals surface area contributed by atoms with Crippen LogP contribution in [0, 0.1) is 0 Å². The number of rotatable bonds is 1. The van der Waals surface area contributed by atoms with Gasteiger partial charge < -0.3 is 15.8 Å². The van der Waals surface area contributed by atoms with Gasteiger partial charge in [0.05, 0.1) is 11.3 Å². The number of carboxylic acids is 1. The maximum absolute atomic E-state index is 10.8. The van der Waals surface area contributed by atoms with Crippen LogP contribution in [0.15, 0.2) is 18.6 Å². The molecule has 0 saturated carbocycles. The minimum Gasteiger partial charge on any atom is -0.475 e. The van der Waals surface area contributed by atoms with Crippen molar-refractivity contribution in [1.82, 2.24) is 15.0 Å². The quantitative estimate of drug-likeness (QED) is 0.705. The number of hydrogen-bond donors (Lipinski definition) is 3. The van der Waals surface area contributed by atoms with E-state index in [1.807, 2.05) is 0 Å². The van der Waals surface area contributed by atoms with Crippen LogP contribution in [0.1, 0.15) is 10.4 Å². The third-order valence-electron chi connectivity index (χ3n) is 1.82. The Balaban J connectivity index is 0.000000224. The van der Waals surface area contributed by atoms with Gasteiger partial charge in [-0.25, -0.2) is 14.8 Å². The van der Waals surface area contributed by atoms with E-state index >= 15 is 0 Å². The van der Waals surface area contributed by atoms with E-state index in [4.69, 9.17) is 15.6 Å². The van der Waals surface area contributed by atoms with Crippen molar-refractivity contribution in [3.63, 3.8) is 0 Å². The van der Waals surface area contributed by atoms with Crippen LogP contribution in [0.4, 0.5) is 13.2 Å². The van der Waals surface area contributed by atoms with Crippen molar-refractivity contribution in [3.8, 4) is 11.5 Å². The lowest BCUT2D eigenvalue weighted by atomic mass is 10.2. The standard InChI is InChI=1S/C7H6N4O.C2HF3O2/c8-6(12)4-3-11-7-5(4)9-1-2-10-7;3-2(4,5)1(6)7/h1-3,9H,(H2,8,12);(H,6,7). The van der Waals surface area contributed by atoms with Crippen LogP contribution in [0.2, 0.25) is 0 Å². The van der Waals surface area contributed by atoms with Crippen molar-refractivity contribution in [2.75, 3.05) is 0 Å². The predicted molar refractivity (Wildman–Crippen MR) is 55.2 cm³/mol. The lowest BCUT2D eigenvalue weighted by Crippen LogP contribution is -2.21. The van der Waals surface area contributed by atoms with Gasteiger partial charge in [-0.05, 0) is 0 Å². The number of alkyl halides is 3. The number of primary amides is 1. The molecular weight excluding hydrogens is 269 g/mol. The molecule has 0 aromatic heterocycles. The van der Waals surface area contributed by atoms with E-state index in [1.54, 1.807) is 12.4 Å². The molecule has 0 aromatic rings. The number of nitrogens with zero attached hydrogens (tertiary/aromatic N) is 2. The molecule has 0 saturated heterocycles. The summed E-state index contributed by atoms with van der Waals surface area (Å²) in [5.41, 5.74) is 6.06. The number of H-pyrrole nitrogens is 1. The predicted octanol–water partition coefficient (Wildman–Crippen LogP) is 0.642. The molecule has 0 spiro atoms. The van der Waals surface area contributed by atoms with E-state index in [1.165, 1.54) is 6.20 Å². The Morgan fingerprint density at radius 1 is 1.32 bits per heavy atom. The van der Waals surface area contributed by atoms with Crippen LogP contribution >= 0.6 is 0 Å². The molecule has 0 atom stereocenters. The van der Waals surface area contributed by atoms with Crippen molar-refractivity contribution in [2.24, 2.45) is 5.73 Å². The van der Waals surface area contributed by atoms with Gasteiger partial charge in [0.15, 0.2) is 5.82 Å². The summed E-state index contributed by atoms with van der Waals surface area (Å²) in [7, 11) is 0. The SMILES string of the molecule is NC(=O)c1cnc2ncc[nH]c1-2.O=C(O)C(F)(F)F. The number of nitrogens with one attached hydrogen (secondary N) is 1. The summed E-state index contributed by atoms with van der Waals surface area (Å²) in [5.74, 6) is -2.75. The summed E-state index contributed by atoms with van der Waals surface area (Å²) in [6.45, 7) is 0. The lowest BCUT2D eigenvalue weighted by molar-refractivity contribution is -0.192. The first kappa shape index (κ1) is 14.4. The highest BCUT2D eigenvalue weighted by Crippen LogP contribution is 2.18. The number of carboxylic acid groups (broad SMARTS) is 1. The molecule has 0 radical (unpaired) electrons. The molecule has 0 aromatic carbocycles. The van der Waals surface area contributed by atoms with Gasteiger partial charge in [-0.3, -0.25) is 4.79 Å². The Kier molecular flexibility index (Phi) is 4.04. The number of carbonyl (C=O) groups is 2. The van der Waals surface area contributed by atoms with Gasteiger partial charge in [-0.15, -0.1) is 0 Å². The van der Waals surface area contributed by atoms with E-state index in [2.05, 4.69) is 15.0 Å². The lowest BCUT2D eigenvalue weighted by Gasteiger charge is -1.96. The summed E-state index contributed by atoms with van der Waals surface area (Å²) in [6.07, 6.45) is -0.479. The monoisotopic (exact) mass is 276 g/mol. The average Bonchev–Trinajstić information content (AvgIpc) is 2.72. The summed E-state index contributed by atoms with van der Waals surface area (Å²) in [4.78, 5) is 30.4. The second-order valence-electron chi connectivity index (χ2n) is 3.13. The highest BCUT2D eigenvalue weighted by Gasteiger charge is 2.38. The zero-order chi connectivity index (χ0) is 14.6. The molecular formula is C9H7F3N4O3. The number of nitrogens with two attached hydrogens (primary N) is 1. The third-order valence-corrected chi connectivity index (χ3v) is 1.82. The molecule has 19 heavy (non-hydrogen) atoms. The fraction of sp³-hybridized carbons (Fsp3) is 0.111. The highest BCUT2D eigenvalue weighted by atomic mass is 19.4. The number of amides is 1. The maximum atomic E-state index is 10.8. The van der Waals surface area contributed by atoms with E-state index in [0.717, 1.165) is 0 Å². The first-order valence-electron chi connectivity index (χ1n) is 4.61. The average molecular weight is 276 g/mol. The minimum atomic E-state index is -5.08. The second kappa shape index (κ2) is 5.33. The number of aliphatic carboxylic acids is 1. The van der Waals surface area contributed by atoms with Gasteiger partial charge in [0.1, 0.15) is 0 Å². The van der Waals surface area contributed by atoms with Gasteiger partial charge in [0.25, 0.3) is 5.91 Å². The fourth-order valence-electron chi connectivity index (χ4n) is 1.03. The largest absolute Gasteiger partial charge is 0.490 e. The van der Waals surface area contributed by atoms with Crippen molar-refractivity contribution in [3.05, 3.63) is 24.2 Å².